The van der Waals surface area contributed by atoms with Gasteiger partial charge in [-0.05, 0) is 17.7 Å². The summed E-state index contributed by atoms with van der Waals surface area (Å²) in [5.41, 5.74) is 1.02. The highest BCUT2D eigenvalue weighted by Gasteiger charge is 2.05. The van der Waals surface area contributed by atoms with Crippen molar-refractivity contribution in [3.63, 3.8) is 0 Å². The van der Waals surface area contributed by atoms with E-state index in [9.17, 15) is 0 Å². The van der Waals surface area contributed by atoms with Gasteiger partial charge < -0.3 is 19.3 Å². The third-order valence-corrected chi connectivity index (χ3v) is 1.89. The van der Waals surface area contributed by atoms with Crippen molar-refractivity contribution in [1.82, 2.24) is 0 Å². The van der Waals surface area contributed by atoms with E-state index in [0.717, 1.165) is 5.56 Å². The molecule has 1 rings (SSSR count). The van der Waals surface area contributed by atoms with Gasteiger partial charge in [0.05, 0.1) is 20.3 Å². The van der Waals surface area contributed by atoms with Crippen LogP contribution in [0.3, 0.4) is 0 Å². The van der Waals surface area contributed by atoms with E-state index < -0.39 is 0 Å². The molecule has 4 nitrogen and oxygen atoms in total. The van der Waals surface area contributed by atoms with Crippen molar-refractivity contribution in [3.05, 3.63) is 23.8 Å². The molecule has 0 fully saturated rings. The monoisotopic (exact) mass is 212 g/mol. The highest BCUT2D eigenvalue weighted by Crippen LogP contribution is 2.28. The molecule has 15 heavy (non-hydrogen) atoms. The molecule has 0 aliphatic heterocycles. The fourth-order valence-corrected chi connectivity index (χ4v) is 1.24. The van der Waals surface area contributed by atoms with E-state index in [1.807, 2.05) is 18.2 Å². The lowest BCUT2D eigenvalue weighted by atomic mass is 10.2. The number of hydrogen-bond acceptors (Lipinski definition) is 4. The highest BCUT2D eigenvalue weighted by atomic mass is 16.5. The Morgan fingerprint density at radius 1 is 1.20 bits per heavy atom. The van der Waals surface area contributed by atoms with Crippen LogP contribution in [0.25, 0.3) is 0 Å². The fraction of sp³-hybridized carbons (Fsp3) is 0.455. The third kappa shape index (κ3) is 3.42. The van der Waals surface area contributed by atoms with Crippen LogP contribution in [0.1, 0.15) is 5.56 Å². The second-order valence-electron chi connectivity index (χ2n) is 2.99. The lowest BCUT2D eigenvalue weighted by Gasteiger charge is -2.11. The summed E-state index contributed by atoms with van der Waals surface area (Å²) >= 11 is 0. The molecule has 0 heterocycles. The first kappa shape index (κ1) is 11.8. The van der Waals surface area contributed by atoms with Crippen molar-refractivity contribution in [2.24, 2.45) is 0 Å². The Hall–Kier alpha value is -1.26. The van der Waals surface area contributed by atoms with Gasteiger partial charge in [-0.3, -0.25) is 0 Å². The summed E-state index contributed by atoms with van der Waals surface area (Å²) in [5.74, 6) is 1.28. The average Bonchev–Trinajstić information content (AvgIpc) is 2.27. The van der Waals surface area contributed by atoms with Gasteiger partial charge in [-0.2, -0.15) is 0 Å². The molecule has 0 spiro atoms. The molecule has 1 aromatic carbocycles. The van der Waals surface area contributed by atoms with Gasteiger partial charge in [0.25, 0.3) is 0 Å². The zero-order valence-corrected chi connectivity index (χ0v) is 9.03. The lowest BCUT2D eigenvalue weighted by molar-refractivity contribution is 0.183. The summed E-state index contributed by atoms with van der Waals surface area (Å²) in [7, 11) is 3.22. The van der Waals surface area contributed by atoms with E-state index in [4.69, 9.17) is 19.3 Å². The van der Waals surface area contributed by atoms with E-state index in [1.54, 1.807) is 14.2 Å². The number of aliphatic hydroxyl groups excluding tert-OH is 1. The molecule has 0 saturated carbocycles. The minimum absolute atomic E-state index is 0.0109. The van der Waals surface area contributed by atoms with Crippen molar-refractivity contribution in [1.29, 1.82) is 0 Å². The van der Waals surface area contributed by atoms with Crippen LogP contribution >= 0.6 is 0 Å². The maximum Gasteiger partial charge on any atom is 0.161 e. The molecule has 84 valence electrons. The second kappa shape index (κ2) is 6.27. The van der Waals surface area contributed by atoms with Gasteiger partial charge in [-0.25, -0.2) is 0 Å². The summed E-state index contributed by atoms with van der Waals surface area (Å²) < 4.78 is 15.5. The standard InChI is InChI=1S/C11H16O4/c1-13-8-9-3-4-10(15-6-5-12)11(7-9)14-2/h3-4,7,12H,5-6,8H2,1-2H3. The first-order chi connectivity index (χ1) is 7.31. The van der Waals surface area contributed by atoms with E-state index in [1.165, 1.54) is 0 Å². The van der Waals surface area contributed by atoms with Crippen molar-refractivity contribution in [2.75, 3.05) is 27.4 Å². The number of ether oxygens (including phenoxy) is 3. The Bertz CT molecular complexity index is 299. The van der Waals surface area contributed by atoms with Gasteiger partial charge in [0.2, 0.25) is 0 Å². The van der Waals surface area contributed by atoms with E-state index in [0.29, 0.717) is 18.1 Å². The van der Waals surface area contributed by atoms with Crippen LogP contribution in [-0.4, -0.2) is 32.5 Å². The zero-order valence-electron chi connectivity index (χ0n) is 9.03. The smallest absolute Gasteiger partial charge is 0.161 e. The van der Waals surface area contributed by atoms with E-state index >= 15 is 0 Å². The molecule has 0 bridgehead atoms. The van der Waals surface area contributed by atoms with Crippen molar-refractivity contribution in [3.8, 4) is 11.5 Å². The number of benzene rings is 1. The van der Waals surface area contributed by atoms with Gasteiger partial charge in [-0.15, -0.1) is 0 Å². The van der Waals surface area contributed by atoms with Crippen LogP contribution in [0.15, 0.2) is 18.2 Å². The largest absolute Gasteiger partial charge is 0.493 e. The highest BCUT2D eigenvalue weighted by molar-refractivity contribution is 5.42. The summed E-state index contributed by atoms with van der Waals surface area (Å²) in [4.78, 5) is 0. The predicted molar refractivity (Wildman–Crippen MR) is 56.3 cm³/mol. The predicted octanol–water partition coefficient (Wildman–Crippen LogP) is 1.21. The topological polar surface area (TPSA) is 47.9 Å². The maximum atomic E-state index is 8.64. The molecule has 0 atom stereocenters. The third-order valence-electron chi connectivity index (χ3n) is 1.89. The normalized spacial score (nSPS) is 10.1. The van der Waals surface area contributed by atoms with Crippen LogP contribution in [0, 0.1) is 0 Å². The van der Waals surface area contributed by atoms with Gasteiger partial charge in [-0.1, -0.05) is 6.07 Å². The minimum Gasteiger partial charge on any atom is -0.493 e. The first-order valence-electron chi connectivity index (χ1n) is 4.71. The number of methoxy groups -OCH3 is 2. The van der Waals surface area contributed by atoms with E-state index in [2.05, 4.69) is 0 Å². The Balaban J connectivity index is 2.78. The Kier molecular flexibility index (Phi) is 4.93. The fourth-order valence-electron chi connectivity index (χ4n) is 1.24. The maximum absolute atomic E-state index is 8.64. The van der Waals surface area contributed by atoms with Gasteiger partial charge in [0.1, 0.15) is 6.61 Å². The first-order valence-corrected chi connectivity index (χ1v) is 4.71. The van der Waals surface area contributed by atoms with Crippen LogP contribution in [-0.2, 0) is 11.3 Å². The van der Waals surface area contributed by atoms with Gasteiger partial charge >= 0.3 is 0 Å². The Morgan fingerprint density at radius 2 is 2.00 bits per heavy atom. The minimum atomic E-state index is -0.0109. The number of rotatable bonds is 6. The molecular weight excluding hydrogens is 196 g/mol. The average molecular weight is 212 g/mol. The zero-order chi connectivity index (χ0) is 11.1. The summed E-state index contributed by atoms with van der Waals surface area (Å²) in [6.07, 6.45) is 0. The van der Waals surface area contributed by atoms with E-state index in [-0.39, 0.29) is 13.2 Å². The van der Waals surface area contributed by atoms with Crippen molar-refractivity contribution in [2.45, 2.75) is 6.61 Å². The lowest BCUT2D eigenvalue weighted by Crippen LogP contribution is -2.03. The van der Waals surface area contributed by atoms with Crippen molar-refractivity contribution >= 4 is 0 Å². The van der Waals surface area contributed by atoms with Gasteiger partial charge in [0, 0.05) is 7.11 Å². The molecule has 4 heteroatoms. The summed E-state index contributed by atoms with van der Waals surface area (Å²) in [6.45, 7) is 0.791. The molecule has 0 unspecified atom stereocenters. The molecule has 1 aromatic rings. The molecule has 0 amide bonds. The number of aliphatic hydroxyl groups is 1. The molecule has 0 saturated heterocycles. The number of hydrogen-bond donors (Lipinski definition) is 1. The molecule has 0 aromatic heterocycles. The quantitative estimate of drug-likeness (QED) is 0.770. The molecule has 0 aliphatic carbocycles. The molecule has 0 radical (unpaired) electrons. The van der Waals surface area contributed by atoms with Crippen molar-refractivity contribution < 1.29 is 19.3 Å². The summed E-state index contributed by atoms with van der Waals surface area (Å²) in [6, 6.07) is 5.57. The van der Waals surface area contributed by atoms with Gasteiger partial charge in [0.15, 0.2) is 11.5 Å². The summed E-state index contributed by atoms with van der Waals surface area (Å²) in [5, 5.41) is 8.64. The van der Waals surface area contributed by atoms with Crippen LogP contribution in [0.2, 0.25) is 0 Å². The Morgan fingerprint density at radius 3 is 2.60 bits per heavy atom. The van der Waals surface area contributed by atoms with Crippen LogP contribution in [0.4, 0.5) is 0 Å². The SMILES string of the molecule is COCc1ccc(OCCO)c(OC)c1. The molecule has 0 aliphatic rings. The molecule has 1 N–H and O–H groups in total. The Labute approximate surface area is 89.4 Å². The van der Waals surface area contributed by atoms with Crippen LogP contribution < -0.4 is 9.47 Å². The molecular formula is C11H16O4. The van der Waals surface area contributed by atoms with Crippen LogP contribution in [0.5, 0.6) is 11.5 Å². The second-order valence-corrected chi connectivity index (χ2v) is 2.99.